The van der Waals surface area contributed by atoms with Gasteiger partial charge in [-0.15, -0.1) is 0 Å². The predicted octanol–water partition coefficient (Wildman–Crippen LogP) is 3.78. The summed E-state index contributed by atoms with van der Waals surface area (Å²) in [5.74, 6) is -0.538. The van der Waals surface area contributed by atoms with Crippen molar-refractivity contribution in [1.29, 1.82) is 0 Å². The minimum Gasteiger partial charge on any atom is -0.329 e. The van der Waals surface area contributed by atoms with Crippen LogP contribution in [0, 0.1) is 0 Å². The van der Waals surface area contributed by atoms with Crippen LogP contribution in [0.4, 0.5) is 5.69 Å². The lowest BCUT2D eigenvalue weighted by Gasteiger charge is -2.16. The van der Waals surface area contributed by atoms with Crippen LogP contribution in [0.2, 0.25) is 5.02 Å². The van der Waals surface area contributed by atoms with Gasteiger partial charge in [0.25, 0.3) is 0 Å². The van der Waals surface area contributed by atoms with Crippen LogP contribution in [-0.4, -0.2) is 12.5 Å². The number of rotatable bonds is 4. The molecule has 0 aliphatic heterocycles. The highest BCUT2D eigenvalue weighted by molar-refractivity contribution is 9.10. The van der Waals surface area contributed by atoms with Gasteiger partial charge in [0.15, 0.2) is 0 Å². The number of halogens is 2. The molecule has 0 aliphatic rings. The number of nitrogens with one attached hydrogen (secondary N) is 1. The van der Waals surface area contributed by atoms with Gasteiger partial charge in [-0.25, -0.2) is 0 Å². The lowest BCUT2D eigenvalue weighted by Crippen LogP contribution is -2.27. The minimum atomic E-state index is -0.387. The molecule has 3 nitrogen and oxygen atoms in total. The molecule has 0 aliphatic carbocycles. The monoisotopic (exact) mass is 352 g/mol. The second-order valence-corrected chi connectivity index (χ2v) is 5.49. The lowest BCUT2D eigenvalue weighted by molar-refractivity contribution is -0.117. The third-order valence-corrected chi connectivity index (χ3v) is 4.36. The maximum atomic E-state index is 12.4. The van der Waals surface area contributed by atoms with Gasteiger partial charge in [-0.05, 0) is 33.6 Å². The van der Waals surface area contributed by atoms with E-state index in [4.69, 9.17) is 17.3 Å². The molecule has 0 fully saturated rings. The summed E-state index contributed by atoms with van der Waals surface area (Å²) in [5, 5.41) is 3.40. The number of carbonyl (C=O) groups is 1. The summed E-state index contributed by atoms with van der Waals surface area (Å²) in [5.41, 5.74) is 7.26. The number of carbonyl (C=O) groups excluding carboxylic acids is 1. The second kappa shape index (κ2) is 6.88. The maximum Gasteiger partial charge on any atom is 0.233 e. The fourth-order valence-corrected chi connectivity index (χ4v) is 2.44. The molecular formula is C15H14BrClN2O. The first-order chi connectivity index (χ1) is 9.63. The Morgan fingerprint density at radius 1 is 1.20 bits per heavy atom. The summed E-state index contributed by atoms with van der Waals surface area (Å²) in [6.45, 7) is 0.244. The third-order valence-electron chi connectivity index (χ3n) is 2.96. The number of anilines is 1. The first-order valence-corrected chi connectivity index (χ1v) is 7.30. The van der Waals surface area contributed by atoms with E-state index in [-0.39, 0.29) is 18.4 Å². The molecule has 0 saturated carbocycles. The van der Waals surface area contributed by atoms with Crippen LogP contribution in [0.5, 0.6) is 0 Å². The van der Waals surface area contributed by atoms with Gasteiger partial charge in [-0.1, -0.05) is 48.0 Å². The molecule has 1 amide bonds. The highest BCUT2D eigenvalue weighted by Crippen LogP contribution is 2.30. The SMILES string of the molecule is NCC(C(=O)Nc1cccc(Cl)c1Br)c1ccccc1. The van der Waals surface area contributed by atoms with Crippen molar-refractivity contribution in [3.05, 3.63) is 63.6 Å². The van der Waals surface area contributed by atoms with Crippen LogP contribution in [0.15, 0.2) is 53.0 Å². The van der Waals surface area contributed by atoms with Crippen LogP contribution in [-0.2, 0) is 4.79 Å². The van der Waals surface area contributed by atoms with E-state index in [1.165, 1.54) is 0 Å². The van der Waals surface area contributed by atoms with Crippen molar-refractivity contribution in [2.45, 2.75) is 5.92 Å². The van der Waals surface area contributed by atoms with Crippen LogP contribution in [0.1, 0.15) is 11.5 Å². The maximum absolute atomic E-state index is 12.4. The molecule has 20 heavy (non-hydrogen) atoms. The van der Waals surface area contributed by atoms with Crippen LogP contribution in [0.25, 0.3) is 0 Å². The van der Waals surface area contributed by atoms with Crippen LogP contribution >= 0.6 is 27.5 Å². The summed E-state index contributed by atoms with van der Waals surface area (Å²) in [6, 6.07) is 14.8. The van der Waals surface area contributed by atoms with E-state index < -0.39 is 0 Å². The smallest absolute Gasteiger partial charge is 0.233 e. The van der Waals surface area contributed by atoms with Crippen LogP contribution in [0.3, 0.4) is 0 Å². The van der Waals surface area contributed by atoms with Gasteiger partial charge in [0.2, 0.25) is 5.91 Å². The molecule has 0 aromatic heterocycles. The third kappa shape index (κ3) is 3.39. The fraction of sp³-hybridized carbons (Fsp3) is 0.133. The van der Waals surface area contributed by atoms with Gasteiger partial charge in [0, 0.05) is 6.54 Å². The molecule has 2 aromatic carbocycles. The van der Waals surface area contributed by atoms with E-state index in [0.717, 1.165) is 5.56 Å². The summed E-state index contributed by atoms with van der Waals surface area (Å²) in [4.78, 5) is 12.4. The first-order valence-electron chi connectivity index (χ1n) is 6.13. The molecule has 1 unspecified atom stereocenters. The lowest BCUT2D eigenvalue weighted by atomic mass is 9.98. The Labute approximate surface area is 131 Å². The van der Waals surface area contributed by atoms with E-state index >= 15 is 0 Å². The first kappa shape index (κ1) is 15.0. The van der Waals surface area contributed by atoms with E-state index in [2.05, 4.69) is 21.2 Å². The number of hydrogen-bond donors (Lipinski definition) is 2. The number of benzene rings is 2. The number of hydrogen-bond acceptors (Lipinski definition) is 2. The molecule has 5 heteroatoms. The average Bonchev–Trinajstić information content (AvgIpc) is 2.46. The van der Waals surface area contributed by atoms with Crippen molar-refractivity contribution < 1.29 is 4.79 Å². The minimum absolute atomic E-state index is 0.151. The Morgan fingerprint density at radius 2 is 1.90 bits per heavy atom. The van der Waals surface area contributed by atoms with Crippen molar-refractivity contribution in [3.63, 3.8) is 0 Å². The molecule has 0 radical (unpaired) electrons. The molecule has 0 spiro atoms. The van der Waals surface area contributed by atoms with Gasteiger partial charge in [-0.3, -0.25) is 4.79 Å². The Morgan fingerprint density at radius 3 is 2.55 bits per heavy atom. The average molecular weight is 354 g/mol. The largest absolute Gasteiger partial charge is 0.329 e. The zero-order valence-corrected chi connectivity index (χ0v) is 13.0. The zero-order chi connectivity index (χ0) is 14.5. The van der Waals surface area contributed by atoms with Crippen molar-refractivity contribution in [2.75, 3.05) is 11.9 Å². The summed E-state index contributed by atoms with van der Waals surface area (Å²) in [7, 11) is 0. The second-order valence-electron chi connectivity index (χ2n) is 4.29. The topological polar surface area (TPSA) is 55.1 Å². The zero-order valence-electron chi connectivity index (χ0n) is 10.6. The Bertz CT molecular complexity index is 604. The highest BCUT2D eigenvalue weighted by atomic mass is 79.9. The van der Waals surface area contributed by atoms with E-state index in [9.17, 15) is 4.79 Å². The van der Waals surface area contributed by atoms with E-state index in [0.29, 0.717) is 15.2 Å². The molecule has 3 N–H and O–H groups in total. The standard InChI is InChI=1S/C15H14BrClN2O/c16-14-12(17)7-4-8-13(14)19-15(20)11(9-18)10-5-2-1-3-6-10/h1-8,11H,9,18H2,(H,19,20). The quantitative estimate of drug-likeness (QED) is 0.879. The predicted molar refractivity (Wildman–Crippen MR) is 86.0 cm³/mol. The fourth-order valence-electron chi connectivity index (χ4n) is 1.90. The van der Waals surface area contributed by atoms with Crippen molar-refractivity contribution in [1.82, 2.24) is 0 Å². The van der Waals surface area contributed by atoms with Crippen molar-refractivity contribution in [2.24, 2.45) is 5.73 Å². The van der Waals surface area contributed by atoms with E-state index in [1.54, 1.807) is 18.2 Å². The van der Waals surface area contributed by atoms with Crippen LogP contribution < -0.4 is 11.1 Å². The highest BCUT2D eigenvalue weighted by Gasteiger charge is 2.19. The molecule has 0 heterocycles. The summed E-state index contributed by atoms with van der Waals surface area (Å²) >= 11 is 9.36. The number of nitrogens with two attached hydrogens (primary N) is 1. The molecule has 104 valence electrons. The molecule has 2 rings (SSSR count). The molecule has 0 saturated heterocycles. The van der Waals surface area contributed by atoms with Gasteiger partial charge < -0.3 is 11.1 Å². The van der Waals surface area contributed by atoms with Gasteiger partial charge in [0.1, 0.15) is 0 Å². The summed E-state index contributed by atoms with van der Waals surface area (Å²) < 4.78 is 0.666. The van der Waals surface area contributed by atoms with Crippen molar-refractivity contribution in [3.8, 4) is 0 Å². The number of amides is 1. The molecule has 0 bridgehead atoms. The Hall–Kier alpha value is -1.36. The molecule has 1 atom stereocenters. The normalized spacial score (nSPS) is 11.9. The van der Waals surface area contributed by atoms with Gasteiger partial charge in [0.05, 0.1) is 21.1 Å². The summed E-state index contributed by atoms with van der Waals surface area (Å²) in [6.07, 6.45) is 0. The van der Waals surface area contributed by atoms with Crippen molar-refractivity contribution >= 4 is 39.1 Å². The van der Waals surface area contributed by atoms with Gasteiger partial charge >= 0.3 is 0 Å². The van der Waals surface area contributed by atoms with E-state index in [1.807, 2.05) is 30.3 Å². The molecular weight excluding hydrogens is 340 g/mol. The Kier molecular flexibility index (Phi) is 5.17. The van der Waals surface area contributed by atoms with Gasteiger partial charge in [-0.2, -0.15) is 0 Å². The molecule has 2 aromatic rings. The Balaban J connectivity index is 2.20.